The SMILES string of the molecule is C=CN1CCC(C)(N(CC)CC)CC1. The molecule has 14 heavy (non-hydrogen) atoms. The molecule has 0 aromatic carbocycles. The minimum atomic E-state index is 0.420. The predicted octanol–water partition coefficient (Wildman–Crippen LogP) is 2.33. The maximum atomic E-state index is 3.83. The van der Waals surface area contributed by atoms with Crippen LogP contribution in [0.4, 0.5) is 0 Å². The van der Waals surface area contributed by atoms with Crippen LogP contribution in [0.5, 0.6) is 0 Å². The summed E-state index contributed by atoms with van der Waals surface area (Å²) >= 11 is 0. The van der Waals surface area contributed by atoms with E-state index in [2.05, 4.69) is 37.1 Å². The van der Waals surface area contributed by atoms with Gasteiger partial charge >= 0.3 is 0 Å². The summed E-state index contributed by atoms with van der Waals surface area (Å²) in [4.78, 5) is 4.92. The number of piperidine rings is 1. The summed E-state index contributed by atoms with van der Waals surface area (Å²) in [5, 5.41) is 0. The molecule has 0 N–H and O–H groups in total. The second-order valence-corrected chi connectivity index (χ2v) is 4.39. The molecule has 0 radical (unpaired) electrons. The van der Waals surface area contributed by atoms with Crippen molar-refractivity contribution in [2.24, 2.45) is 0 Å². The first kappa shape index (κ1) is 11.6. The topological polar surface area (TPSA) is 6.48 Å². The minimum absolute atomic E-state index is 0.420. The Hall–Kier alpha value is -0.500. The number of nitrogens with zero attached hydrogens (tertiary/aromatic N) is 2. The Bertz CT molecular complexity index is 177. The molecule has 2 nitrogen and oxygen atoms in total. The van der Waals surface area contributed by atoms with Crippen molar-refractivity contribution in [3.05, 3.63) is 12.8 Å². The molecule has 0 atom stereocenters. The van der Waals surface area contributed by atoms with Gasteiger partial charge in [0.2, 0.25) is 0 Å². The van der Waals surface area contributed by atoms with Crippen molar-refractivity contribution in [2.75, 3.05) is 26.2 Å². The lowest BCUT2D eigenvalue weighted by Crippen LogP contribution is -2.52. The van der Waals surface area contributed by atoms with Crippen LogP contribution in [0.3, 0.4) is 0 Å². The highest BCUT2D eigenvalue weighted by molar-refractivity contribution is 4.92. The Morgan fingerprint density at radius 3 is 2.14 bits per heavy atom. The summed E-state index contributed by atoms with van der Waals surface area (Å²) in [6, 6.07) is 0. The van der Waals surface area contributed by atoms with Crippen LogP contribution in [0.2, 0.25) is 0 Å². The zero-order valence-corrected chi connectivity index (χ0v) is 9.92. The van der Waals surface area contributed by atoms with Crippen LogP contribution in [0, 0.1) is 0 Å². The van der Waals surface area contributed by atoms with E-state index in [1.54, 1.807) is 0 Å². The number of hydrogen-bond donors (Lipinski definition) is 0. The van der Waals surface area contributed by atoms with E-state index in [4.69, 9.17) is 0 Å². The first-order chi connectivity index (χ1) is 6.66. The summed E-state index contributed by atoms with van der Waals surface area (Å²) in [7, 11) is 0. The highest BCUT2D eigenvalue weighted by Crippen LogP contribution is 2.28. The van der Waals surface area contributed by atoms with E-state index in [1.165, 1.54) is 25.9 Å². The zero-order chi connectivity index (χ0) is 10.6. The Balaban J connectivity index is 2.55. The van der Waals surface area contributed by atoms with Crippen LogP contribution >= 0.6 is 0 Å². The van der Waals surface area contributed by atoms with E-state index in [-0.39, 0.29) is 0 Å². The Labute approximate surface area is 88.6 Å². The zero-order valence-electron chi connectivity index (χ0n) is 9.92. The van der Waals surface area contributed by atoms with Crippen molar-refractivity contribution < 1.29 is 0 Å². The van der Waals surface area contributed by atoms with E-state index in [0.29, 0.717) is 5.54 Å². The van der Waals surface area contributed by atoms with Crippen LogP contribution in [-0.2, 0) is 0 Å². The van der Waals surface area contributed by atoms with Crippen LogP contribution in [0.15, 0.2) is 12.8 Å². The maximum Gasteiger partial charge on any atom is 0.0214 e. The van der Waals surface area contributed by atoms with Gasteiger partial charge in [-0.15, -0.1) is 0 Å². The molecule has 82 valence electrons. The van der Waals surface area contributed by atoms with Crippen LogP contribution in [-0.4, -0.2) is 41.5 Å². The van der Waals surface area contributed by atoms with Gasteiger partial charge < -0.3 is 4.90 Å². The van der Waals surface area contributed by atoms with Gasteiger partial charge in [0.15, 0.2) is 0 Å². The van der Waals surface area contributed by atoms with Crippen molar-refractivity contribution in [3.63, 3.8) is 0 Å². The van der Waals surface area contributed by atoms with Gasteiger partial charge in [-0.1, -0.05) is 20.4 Å². The molecule has 1 heterocycles. The van der Waals surface area contributed by atoms with Gasteiger partial charge in [0.25, 0.3) is 0 Å². The lowest BCUT2D eigenvalue weighted by Gasteiger charge is -2.46. The van der Waals surface area contributed by atoms with Gasteiger partial charge in [-0.3, -0.25) is 4.90 Å². The molecule has 0 amide bonds. The van der Waals surface area contributed by atoms with Gasteiger partial charge in [0.1, 0.15) is 0 Å². The molecule has 1 saturated heterocycles. The van der Waals surface area contributed by atoms with E-state index >= 15 is 0 Å². The monoisotopic (exact) mass is 196 g/mol. The van der Waals surface area contributed by atoms with E-state index in [1.807, 2.05) is 6.20 Å². The predicted molar refractivity (Wildman–Crippen MR) is 62.3 cm³/mol. The van der Waals surface area contributed by atoms with Gasteiger partial charge in [0.05, 0.1) is 0 Å². The maximum absolute atomic E-state index is 3.83. The molecule has 1 aliphatic heterocycles. The van der Waals surface area contributed by atoms with Crippen LogP contribution in [0.1, 0.15) is 33.6 Å². The molecular formula is C12H24N2. The Morgan fingerprint density at radius 1 is 1.29 bits per heavy atom. The summed E-state index contributed by atoms with van der Waals surface area (Å²) in [5.41, 5.74) is 0.420. The normalized spacial score (nSPS) is 21.3. The average Bonchev–Trinajstić information content (AvgIpc) is 2.20. The molecule has 1 rings (SSSR count). The van der Waals surface area contributed by atoms with Crippen molar-refractivity contribution in [3.8, 4) is 0 Å². The molecule has 0 unspecified atom stereocenters. The number of rotatable bonds is 4. The van der Waals surface area contributed by atoms with E-state index < -0.39 is 0 Å². The molecule has 1 aliphatic rings. The van der Waals surface area contributed by atoms with Gasteiger partial charge in [-0.25, -0.2) is 0 Å². The molecule has 0 saturated carbocycles. The summed E-state index contributed by atoms with van der Waals surface area (Å²) in [6.45, 7) is 15.4. The fourth-order valence-electron chi connectivity index (χ4n) is 2.49. The van der Waals surface area contributed by atoms with Crippen LogP contribution in [0.25, 0.3) is 0 Å². The second-order valence-electron chi connectivity index (χ2n) is 4.39. The van der Waals surface area contributed by atoms with E-state index in [0.717, 1.165) is 13.1 Å². The fraction of sp³-hybridized carbons (Fsp3) is 0.833. The summed E-state index contributed by atoms with van der Waals surface area (Å²) in [5.74, 6) is 0. The number of likely N-dealkylation sites (tertiary alicyclic amines) is 1. The molecule has 0 bridgehead atoms. The third-order valence-electron chi connectivity index (χ3n) is 3.66. The molecule has 0 spiro atoms. The van der Waals surface area contributed by atoms with Crippen molar-refractivity contribution in [2.45, 2.75) is 39.2 Å². The summed E-state index contributed by atoms with van der Waals surface area (Å²) < 4.78 is 0. The Kier molecular flexibility index (Phi) is 3.99. The molecular weight excluding hydrogens is 172 g/mol. The smallest absolute Gasteiger partial charge is 0.0214 e. The molecule has 0 aromatic heterocycles. The molecule has 1 fully saturated rings. The first-order valence-corrected chi connectivity index (χ1v) is 5.78. The lowest BCUT2D eigenvalue weighted by atomic mass is 9.88. The molecule has 0 aromatic rings. The van der Waals surface area contributed by atoms with Crippen molar-refractivity contribution in [1.82, 2.24) is 9.80 Å². The van der Waals surface area contributed by atoms with Gasteiger partial charge in [-0.2, -0.15) is 0 Å². The fourth-order valence-corrected chi connectivity index (χ4v) is 2.49. The van der Waals surface area contributed by atoms with Crippen LogP contribution < -0.4 is 0 Å². The van der Waals surface area contributed by atoms with Crippen molar-refractivity contribution >= 4 is 0 Å². The summed E-state index contributed by atoms with van der Waals surface area (Å²) in [6.07, 6.45) is 4.50. The van der Waals surface area contributed by atoms with E-state index in [9.17, 15) is 0 Å². The highest BCUT2D eigenvalue weighted by atomic mass is 15.2. The second kappa shape index (κ2) is 4.83. The Morgan fingerprint density at radius 2 is 1.79 bits per heavy atom. The standard InChI is InChI=1S/C12H24N2/c1-5-13-10-8-12(4,9-11-13)14(6-2)7-3/h5H,1,6-11H2,2-4H3. The van der Waals surface area contributed by atoms with Gasteiger partial charge in [0, 0.05) is 18.6 Å². The third kappa shape index (κ3) is 2.30. The van der Waals surface area contributed by atoms with Crippen molar-refractivity contribution in [1.29, 1.82) is 0 Å². The largest absolute Gasteiger partial charge is 0.378 e. The average molecular weight is 196 g/mol. The highest BCUT2D eigenvalue weighted by Gasteiger charge is 2.33. The minimum Gasteiger partial charge on any atom is -0.378 e. The lowest BCUT2D eigenvalue weighted by molar-refractivity contribution is 0.0558. The quantitative estimate of drug-likeness (QED) is 0.681. The molecule has 2 heteroatoms. The molecule has 0 aliphatic carbocycles. The first-order valence-electron chi connectivity index (χ1n) is 5.78. The third-order valence-corrected chi connectivity index (χ3v) is 3.66. The van der Waals surface area contributed by atoms with Gasteiger partial charge in [-0.05, 0) is 39.1 Å². The number of hydrogen-bond acceptors (Lipinski definition) is 2.